The third-order valence-electron chi connectivity index (χ3n) is 2.89. The topological polar surface area (TPSA) is 0 Å². The Hall–Kier alpha value is -0.541. The Morgan fingerprint density at radius 3 is 1.65 bits per heavy atom. The second-order valence-electron chi connectivity index (χ2n) is 4.03. The zero-order valence-electron chi connectivity index (χ0n) is 9.64. The van der Waals surface area contributed by atoms with Gasteiger partial charge in [-0.3, -0.25) is 0 Å². The summed E-state index contributed by atoms with van der Waals surface area (Å²) in [5.74, 6) is 0. The van der Waals surface area contributed by atoms with E-state index in [4.69, 9.17) is 0 Å². The Morgan fingerprint density at radius 1 is 0.882 bits per heavy atom. The molecule has 0 saturated carbocycles. The number of halogens is 1. The summed E-state index contributed by atoms with van der Waals surface area (Å²) in [6, 6.07) is 21.6. The summed E-state index contributed by atoms with van der Waals surface area (Å²) in [6.07, 6.45) is 2.05. The number of benzene rings is 2. The summed E-state index contributed by atoms with van der Waals surface area (Å²) in [5, 5.41) is 0. The van der Waals surface area contributed by atoms with Gasteiger partial charge in [-0.25, -0.2) is 0 Å². The van der Waals surface area contributed by atoms with Crippen LogP contribution in [0.4, 0.5) is 0 Å². The van der Waals surface area contributed by atoms with Gasteiger partial charge in [-0.2, -0.15) is 0 Å². The molecule has 0 unspecified atom stereocenters. The molecule has 0 heterocycles. The van der Waals surface area contributed by atoms with Crippen molar-refractivity contribution in [2.45, 2.75) is 4.44 Å². The first kappa shape index (κ1) is 12.9. The van der Waals surface area contributed by atoms with Gasteiger partial charge in [0.2, 0.25) is 0 Å². The van der Waals surface area contributed by atoms with Gasteiger partial charge < -0.3 is 0 Å². The summed E-state index contributed by atoms with van der Waals surface area (Å²) in [4.78, 5) is 0. The average Bonchev–Trinajstić information content (AvgIpc) is 2.41. The van der Waals surface area contributed by atoms with Crippen molar-refractivity contribution in [1.29, 1.82) is 0 Å². The standard InChI is InChI=1S/2C6H5.C3H5.BrH.Sn/c2*1-2-4-6-5-3-1;1-3-2;;/h2*1-5H;3H,1-2H2;1H;/q;;;;+1/p-1. The van der Waals surface area contributed by atoms with E-state index >= 15 is 0 Å². The average molecular weight is 394 g/mol. The zero-order chi connectivity index (χ0) is 12.1. The summed E-state index contributed by atoms with van der Waals surface area (Å²) in [7, 11) is 0. The van der Waals surface area contributed by atoms with Crippen LogP contribution in [0.25, 0.3) is 0 Å². The summed E-state index contributed by atoms with van der Waals surface area (Å²) in [5.41, 5.74) is 0. The Kier molecular flexibility index (Phi) is 4.46. The molecule has 0 radical (unpaired) electrons. The molecule has 2 heteroatoms. The van der Waals surface area contributed by atoms with Gasteiger partial charge in [-0.05, 0) is 0 Å². The van der Waals surface area contributed by atoms with Crippen LogP contribution in [0.2, 0.25) is 4.44 Å². The monoisotopic (exact) mass is 394 g/mol. The molecule has 2 aromatic rings. The van der Waals surface area contributed by atoms with Gasteiger partial charge in [-0.1, -0.05) is 0 Å². The van der Waals surface area contributed by atoms with Gasteiger partial charge in [0, 0.05) is 0 Å². The van der Waals surface area contributed by atoms with Crippen molar-refractivity contribution in [2.75, 3.05) is 0 Å². The molecule has 2 rings (SSSR count). The molecule has 0 bridgehead atoms. The van der Waals surface area contributed by atoms with E-state index in [1.54, 1.807) is 0 Å². The van der Waals surface area contributed by atoms with Crippen LogP contribution in [0.15, 0.2) is 73.3 Å². The van der Waals surface area contributed by atoms with Gasteiger partial charge in [0.1, 0.15) is 0 Å². The normalized spacial score (nSPS) is 11.1. The molecular formula is C15H15BrSn. The molecule has 0 aliphatic rings. The van der Waals surface area contributed by atoms with Crippen molar-refractivity contribution < 1.29 is 0 Å². The van der Waals surface area contributed by atoms with Crippen LogP contribution in [0.1, 0.15) is 0 Å². The molecule has 0 saturated heterocycles. The van der Waals surface area contributed by atoms with Crippen LogP contribution in [0.5, 0.6) is 0 Å². The Labute approximate surface area is 113 Å². The van der Waals surface area contributed by atoms with Crippen molar-refractivity contribution in [3.63, 3.8) is 0 Å². The molecular weight excluding hydrogens is 379 g/mol. The summed E-state index contributed by atoms with van der Waals surface area (Å²) in [6.45, 7) is 3.92. The Balaban J connectivity index is 2.50. The van der Waals surface area contributed by atoms with Crippen LogP contribution in [0.3, 0.4) is 0 Å². The molecule has 0 aliphatic carbocycles. The summed E-state index contributed by atoms with van der Waals surface area (Å²) >= 11 is 1.45. The fraction of sp³-hybridized carbons (Fsp3) is 0.0667. The molecule has 0 aromatic heterocycles. The van der Waals surface area contributed by atoms with E-state index in [0.29, 0.717) is 0 Å². The molecule has 0 atom stereocenters. The molecule has 86 valence electrons. The van der Waals surface area contributed by atoms with Crippen molar-refractivity contribution >= 4 is 36.0 Å². The molecule has 0 fully saturated rings. The molecule has 0 amide bonds. The van der Waals surface area contributed by atoms with E-state index in [2.05, 4.69) is 79.9 Å². The van der Waals surface area contributed by atoms with Crippen molar-refractivity contribution in [2.24, 2.45) is 0 Å². The van der Waals surface area contributed by atoms with Crippen molar-refractivity contribution in [3.05, 3.63) is 73.3 Å². The van der Waals surface area contributed by atoms with E-state index in [0.717, 1.165) is 4.44 Å². The van der Waals surface area contributed by atoms with E-state index in [1.807, 2.05) is 6.08 Å². The van der Waals surface area contributed by atoms with E-state index in [9.17, 15) is 0 Å². The number of hydrogen-bond acceptors (Lipinski definition) is 0. The Morgan fingerprint density at radius 2 is 1.29 bits per heavy atom. The quantitative estimate of drug-likeness (QED) is 0.552. The minimum absolute atomic E-state index is 1.07. The van der Waals surface area contributed by atoms with Gasteiger partial charge >= 0.3 is 114 Å². The van der Waals surface area contributed by atoms with E-state index < -0.39 is 16.2 Å². The fourth-order valence-electron chi connectivity index (χ4n) is 2.01. The molecule has 0 aliphatic heterocycles. The summed E-state index contributed by atoms with van der Waals surface area (Å²) < 4.78 is 4.00. The molecule has 0 N–H and O–H groups in total. The second kappa shape index (κ2) is 5.87. The molecule has 0 nitrogen and oxygen atoms in total. The maximum absolute atomic E-state index is 4.10. The third kappa shape index (κ3) is 2.83. The first-order chi connectivity index (χ1) is 8.27. The number of rotatable bonds is 4. The number of hydrogen-bond donors (Lipinski definition) is 0. The first-order valence-corrected chi connectivity index (χ1v) is 17.0. The Bertz CT molecular complexity index is 439. The predicted octanol–water partition coefficient (Wildman–Crippen LogP) is 3.33. The minimum atomic E-state index is -2.65. The van der Waals surface area contributed by atoms with Gasteiger partial charge in [0.25, 0.3) is 0 Å². The number of allylic oxidation sites excluding steroid dienone is 1. The van der Waals surface area contributed by atoms with Crippen molar-refractivity contribution in [3.8, 4) is 0 Å². The van der Waals surface area contributed by atoms with Crippen LogP contribution in [0, 0.1) is 0 Å². The molecule has 0 spiro atoms. The van der Waals surface area contributed by atoms with E-state index in [1.165, 1.54) is 7.16 Å². The van der Waals surface area contributed by atoms with Crippen LogP contribution < -0.4 is 7.16 Å². The first-order valence-electron chi connectivity index (χ1n) is 5.68. The van der Waals surface area contributed by atoms with Crippen LogP contribution in [-0.4, -0.2) is 16.2 Å². The van der Waals surface area contributed by atoms with Crippen LogP contribution >= 0.6 is 12.7 Å². The van der Waals surface area contributed by atoms with E-state index in [-0.39, 0.29) is 0 Å². The maximum atomic E-state index is 4.10. The van der Waals surface area contributed by atoms with Gasteiger partial charge in [-0.15, -0.1) is 0 Å². The van der Waals surface area contributed by atoms with Gasteiger partial charge in [0.15, 0.2) is 0 Å². The fourth-order valence-corrected chi connectivity index (χ4v) is 14.6. The molecule has 2 aromatic carbocycles. The zero-order valence-corrected chi connectivity index (χ0v) is 14.1. The van der Waals surface area contributed by atoms with Crippen molar-refractivity contribution in [1.82, 2.24) is 0 Å². The second-order valence-corrected chi connectivity index (χ2v) is 22.1. The molecule has 17 heavy (non-hydrogen) atoms. The van der Waals surface area contributed by atoms with Crippen LogP contribution in [-0.2, 0) is 0 Å². The third-order valence-corrected chi connectivity index (χ3v) is 20.8. The SMILES string of the molecule is C=C[CH2][Sn]([Br])([c]1ccccc1)[c]1ccccc1. The predicted molar refractivity (Wildman–Crippen MR) is 81.8 cm³/mol. The van der Waals surface area contributed by atoms with Gasteiger partial charge in [0.05, 0.1) is 0 Å².